The summed E-state index contributed by atoms with van der Waals surface area (Å²) in [7, 11) is 0. The first-order valence-corrected chi connectivity index (χ1v) is 13.8. The predicted octanol–water partition coefficient (Wildman–Crippen LogP) is 6.24. The van der Waals surface area contributed by atoms with Gasteiger partial charge in [0.25, 0.3) is 0 Å². The number of aliphatic hydroxyl groups is 1. The fourth-order valence-corrected chi connectivity index (χ4v) is 11.1. The number of aliphatic hydroxyl groups excluding tert-OH is 1. The molecular weight excluding hydrogens is 408 g/mol. The fourth-order valence-electron chi connectivity index (χ4n) is 11.1. The standard InChI is InChI=1S/C30H46O3/c1-18(2)20-9-13-30(17-32)14-10-22-21(25(20)30)7-8-24-28(22,5)12-11-23-27(3,4)26(33)19(16-31)15-29(23,24)6/h15-16,18,20-25,32H,7-14,17H2,1-6H3/t20-,21-,22?,23-,24-,25+,28-,29-,30+/m0/s1. The van der Waals surface area contributed by atoms with E-state index in [0.29, 0.717) is 41.8 Å². The van der Waals surface area contributed by atoms with Crippen molar-refractivity contribution in [1.82, 2.24) is 0 Å². The molecule has 0 radical (unpaired) electrons. The highest BCUT2D eigenvalue weighted by Crippen LogP contribution is 2.72. The SMILES string of the molecule is CC(C)[C@@H]1CC[C@]2(CO)CCC3[C@H](CC[C@@H]4[C@@]5(C)C=C(C=O)C(=O)C(C)(C)[C@@H]5CC[C@@]34C)[C@@H]12. The van der Waals surface area contributed by atoms with E-state index in [4.69, 9.17) is 0 Å². The Bertz CT molecular complexity index is 870. The summed E-state index contributed by atoms with van der Waals surface area (Å²) in [6.45, 7) is 14.3. The predicted molar refractivity (Wildman–Crippen MR) is 131 cm³/mol. The van der Waals surface area contributed by atoms with Crippen LogP contribution in [0.15, 0.2) is 11.6 Å². The van der Waals surface area contributed by atoms with Gasteiger partial charge in [-0.25, -0.2) is 0 Å². The van der Waals surface area contributed by atoms with Crippen LogP contribution >= 0.6 is 0 Å². The molecule has 0 aliphatic heterocycles. The van der Waals surface area contributed by atoms with Crippen molar-refractivity contribution in [3.05, 3.63) is 11.6 Å². The molecule has 1 N–H and O–H groups in total. The molecule has 0 spiro atoms. The summed E-state index contributed by atoms with van der Waals surface area (Å²) in [6.07, 6.45) is 12.6. The van der Waals surface area contributed by atoms with Crippen LogP contribution in [0.4, 0.5) is 0 Å². The second kappa shape index (κ2) is 7.52. The molecule has 5 aliphatic rings. The molecule has 0 aromatic carbocycles. The zero-order valence-electron chi connectivity index (χ0n) is 21.8. The molecule has 184 valence electrons. The number of ketones is 1. The molecular formula is C30H46O3. The van der Waals surface area contributed by atoms with Crippen LogP contribution in [-0.2, 0) is 9.59 Å². The number of carbonyl (C=O) groups excluding carboxylic acids is 2. The Morgan fingerprint density at radius 1 is 1.00 bits per heavy atom. The van der Waals surface area contributed by atoms with Gasteiger partial charge in [0.05, 0.1) is 5.57 Å². The van der Waals surface area contributed by atoms with Crippen molar-refractivity contribution >= 4 is 12.1 Å². The molecule has 5 rings (SSSR count). The van der Waals surface area contributed by atoms with Crippen LogP contribution in [0.25, 0.3) is 0 Å². The highest BCUT2D eigenvalue weighted by Gasteiger charge is 2.67. The highest BCUT2D eigenvalue weighted by molar-refractivity contribution is 6.15. The monoisotopic (exact) mass is 454 g/mol. The Hall–Kier alpha value is -0.960. The Balaban J connectivity index is 1.55. The zero-order valence-corrected chi connectivity index (χ0v) is 21.8. The topological polar surface area (TPSA) is 54.4 Å². The second-order valence-electron chi connectivity index (χ2n) is 14.2. The lowest BCUT2D eigenvalue weighted by molar-refractivity contribution is -0.181. The van der Waals surface area contributed by atoms with Crippen LogP contribution in [0.2, 0.25) is 0 Å². The Labute approximate surface area is 201 Å². The van der Waals surface area contributed by atoms with E-state index in [1.54, 1.807) is 0 Å². The van der Waals surface area contributed by atoms with Crippen LogP contribution in [0.1, 0.15) is 92.9 Å². The van der Waals surface area contributed by atoms with Gasteiger partial charge in [-0.05, 0) is 109 Å². The molecule has 33 heavy (non-hydrogen) atoms. The zero-order chi connectivity index (χ0) is 24.0. The molecule has 1 unspecified atom stereocenters. The third kappa shape index (κ3) is 2.96. The summed E-state index contributed by atoms with van der Waals surface area (Å²) in [6, 6.07) is 0. The normalized spacial score (nSPS) is 50.7. The van der Waals surface area contributed by atoms with Crippen molar-refractivity contribution in [3.8, 4) is 0 Å². The Kier molecular flexibility index (Phi) is 5.41. The largest absolute Gasteiger partial charge is 0.396 e. The smallest absolute Gasteiger partial charge is 0.171 e. The van der Waals surface area contributed by atoms with Crippen molar-refractivity contribution in [2.45, 2.75) is 92.9 Å². The summed E-state index contributed by atoms with van der Waals surface area (Å²) in [5, 5.41) is 10.6. The van der Waals surface area contributed by atoms with Gasteiger partial charge >= 0.3 is 0 Å². The van der Waals surface area contributed by atoms with E-state index in [1.807, 2.05) is 0 Å². The van der Waals surface area contributed by atoms with Gasteiger partial charge in [0.15, 0.2) is 12.1 Å². The van der Waals surface area contributed by atoms with Crippen molar-refractivity contribution in [2.24, 2.45) is 63.1 Å². The first-order chi connectivity index (χ1) is 15.5. The molecule has 0 aromatic rings. The number of rotatable bonds is 3. The fraction of sp³-hybridized carbons (Fsp3) is 0.867. The minimum Gasteiger partial charge on any atom is -0.396 e. The summed E-state index contributed by atoms with van der Waals surface area (Å²) in [5.41, 5.74) is 0.267. The van der Waals surface area contributed by atoms with E-state index in [-0.39, 0.29) is 22.0 Å². The number of aldehydes is 1. The van der Waals surface area contributed by atoms with Crippen LogP contribution in [0.5, 0.6) is 0 Å². The van der Waals surface area contributed by atoms with Gasteiger partial charge in [-0.2, -0.15) is 0 Å². The average molecular weight is 455 g/mol. The molecule has 0 saturated heterocycles. The molecule has 4 saturated carbocycles. The first-order valence-electron chi connectivity index (χ1n) is 13.8. The number of allylic oxidation sites excluding steroid dienone is 2. The van der Waals surface area contributed by atoms with Crippen LogP contribution in [0.3, 0.4) is 0 Å². The molecule has 4 fully saturated rings. The van der Waals surface area contributed by atoms with Crippen LogP contribution in [-0.4, -0.2) is 23.8 Å². The van der Waals surface area contributed by atoms with Crippen molar-refractivity contribution in [2.75, 3.05) is 6.61 Å². The Morgan fingerprint density at radius 2 is 1.70 bits per heavy atom. The molecule has 0 heterocycles. The third-order valence-corrected chi connectivity index (χ3v) is 12.5. The molecule has 0 aromatic heterocycles. The van der Waals surface area contributed by atoms with Gasteiger partial charge in [-0.1, -0.05) is 47.6 Å². The van der Waals surface area contributed by atoms with E-state index >= 15 is 0 Å². The van der Waals surface area contributed by atoms with E-state index < -0.39 is 5.41 Å². The van der Waals surface area contributed by atoms with Gasteiger partial charge in [-0.3, -0.25) is 9.59 Å². The van der Waals surface area contributed by atoms with E-state index in [1.165, 1.54) is 44.9 Å². The van der Waals surface area contributed by atoms with E-state index in [9.17, 15) is 14.7 Å². The lowest BCUT2D eigenvalue weighted by Gasteiger charge is -2.67. The molecule has 9 atom stereocenters. The van der Waals surface area contributed by atoms with E-state index in [2.05, 4.69) is 47.6 Å². The van der Waals surface area contributed by atoms with Crippen molar-refractivity contribution in [3.63, 3.8) is 0 Å². The van der Waals surface area contributed by atoms with Gasteiger partial charge in [0, 0.05) is 12.0 Å². The number of hydrogen-bond acceptors (Lipinski definition) is 3. The lowest BCUT2D eigenvalue weighted by atomic mass is 9.36. The molecule has 0 bridgehead atoms. The summed E-state index contributed by atoms with van der Waals surface area (Å²) in [4.78, 5) is 25.0. The number of hydrogen-bond donors (Lipinski definition) is 1. The summed E-state index contributed by atoms with van der Waals surface area (Å²) >= 11 is 0. The number of Topliss-reactive ketones (excluding diaryl/α,β-unsaturated/α-hetero) is 1. The summed E-state index contributed by atoms with van der Waals surface area (Å²) in [5.74, 6) is 4.39. The first kappa shape index (κ1) is 23.8. The minimum absolute atomic E-state index is 0.0494. The third-order valence-electron chi connectivity index (χ3n) is 12.5. The molecule has 0 amide bonds. The van der Waals surface area contributed by atoms with Crippen LogP contribution in [0, 0.1) is 63.1 Å². The summed E-state index contributed by atoms with van der Waals surface area (Å²) < 4.78 is 0. The van der Waals surface area contributed by atoms with Crippen LogP contribution < -0.4 is 0 Å². The van der Waals surface area contributed by atoms with E-state index in [0.717, 1.165) is 24.5 Å². The quantitative estimate of drug-likeness (QED) is 0.406. The maximum absolute atomic E-state index is 13.1. The number of fused-ring (bicyclic) bond motifs is 7. The highest BCUT2D eigenvalue weighted by atomic mass is 16.3. The van der Waals surface area contributed by atoms with Gasteiger partial charge in [-0.15, -0.1) is 0 Å². The lowest BCUT2D eigenvalue weighted by Crippen LogP contribution is -2.62. The van der Waals surface area contributed by atoms with Crippen molar-refractivity contribution < 1.29 is 14.7 Å². The maximum Gasteiger partial charge on any atom is 0.171 e. The van der Waals surface area contributed by atoms with Gasteiger partial charge in [0.2, 0.25) is 0 Å². The van der Waals surface area contributed by atoms with Crippen molar-refractivity contribution in [1.29, 1.82) is 0 Å². The number of carbonyl (C=O) groups is 2. The average Bonchev–Trinajstić information content (AvgIpc) is 3.17. The molecule has 3 nitrogen and oxygen atoms in total. The Morgan fingerprint density at radius 3 is 2.33 bits per heavy atom. The second-order valence-corrected chi connectivity index (χ2v) is 14.2. The molecule has 3 heteroatoms. The molecule has 5 aliphatic carbocycles. The van der Waals surface area contributed by atoms with Gasteiger partial charge in [0.1, 0.15) is 0 Å². The van der Waals surface area contributed by atoms with Gasteiger partial charge < -0.3 is 5.11 Å². The minimum atomic E-state index is -0.468. The maximum atomic E-state index is 13.1.